The number of hydrogen-bond donors (Lipinski definition) is 1. The van der Waals surface area contributed by atoms with Crippen molar-refractivity contribution in [1.82, 2.24) is 15.1 Å². The number of methoxy groups -OCH3 is 1. The fourth-order valence-corrected chi connectivity index (χ4v) is 1.98. The van der Waals surface area contributed by atoms with Crippen molar-refractivity contribution in [3.8, 4) is 0 Å². The summed E-state index contributed by atoms with van der Waals surface area (Å²) in [6.45, 7) is 4.64. The van der Waals surface area contributed by atoms with Gasteiger partial charge in [0.2, 0.25) is 5.76 Å². The van der Waals surface area contributed by atoms with Gasteiger partial charge in [0.25, 0.3) is 0 Å². The molecular formula is C14H19N3O3. The molecule has 1 atom stereocenters. The molecule has 6 nitrogen and oxygen atoms in total. The highest BCUT2D eigenvalue weighted by molar-refractivity contribution is 5.86. The number of carbonyl (C=O) groups excluding carboxylic acids is 1. The molecule has 20 heavy (non-hydrogen) atoms. The molecule has 0 radical (unpaired) electrons. The van der Waals surface area contributed by atoms with E-state index in [0.29, 0.717) is 12.3 Å². The van der Waals surface area contributed by atoms with Gasteiger partial charge in [0.1, 0.15) is 5.76 Å². The Kier molecular flexibility index (Phi) is 4.24. The Morgan fingerprint density at radius 2 is 2.30 bits per heavy atom. The van der Waals surface area contributed by atoms with Gasteiger partial charge >= 0.3 is 5.97 Å². The molecule has 0 spiro atoms. The molecule has 0 bridgehead atoms. The van der Waals surface area contributed by atoms with Crippen LogP contribution in [0.5, 0.6) is 0 Å². The summed E-state index contributed by atoms with van der Waals surface area (Å²) in [6.07, 6.45) is 1.98. The fourth-order valence-electron chi connectivity index (χ4n) is 1.98. The molecule has 0 aliphatic heterocycles. The second-order valence-electron chi connectivity index (χ2n) is 4.71. The van der Waals surface area contributed by atoms with Gasteiger partial charge in [-0.05, 0) is 26.0 Å². The van der Waals surface area contributed by atoms with Crippen LogP contribution in [0.2, 0.25) is 0 Å². The van der Waals surface area contributed by atoms with Crippen LogP contribution in [0.15, 0.2) is 22.7 Å². The third-order valence-corrected chi connectivity index (χ3v) is 3.15. The van der Waals surface area contributed by atoms with E-state index in [-0.39, 0.29) is 11.8 Å². The molecule has 108 valence electrons. The third-order valence-electron chi connectivity index (χ3n) is 3.15. The molecule has 6 heteroatoms. The van der Waals surface area contributed by atoms with E-state index < -0.39 is 5.97 Å². The first-order valence-corrected chi connectivity index (χ1v) is 6.41. The quantitative estimate of drug-likeness (QED) is 0.846. The average Bonchev–Trinajstić information content (AvgIpc) is 3.02. The SMILES string of the molecule is COC(=O)c1ccc(C(C)NCc2cn(C)nc2C)o1. The van der Waals surface area contributed by atoms with E-state index >= 15 is 0 Å². The minimum absolute atomic E-state index is 0.00647. The number of aryl methyl sites for hydroxylation is 2. The van der Waals surface area contributed by atoms with Crippen LogP contribution in [0.25, 0.3) is 0 Å². The Morgan fingerprint density at radius 3 is 2.90 bits per heavy atom. The van der Waals surface area contributed by atoms with Crippen molar-refractivity contribution in [2.45, 2.75) is 26.4 Å². The molecule has 0 saturated heterocycles. The zero-order valence-electron chi connectivity index (χ0n) is 12.1. The number of rotatable bonds is 5. The molecule has 0 aliphatic rings. The van der Waals surface area contributed by atoms with Crippen LogP contribution in [0.3, 0.4) is 0 Å². The van der Waals surface area contributed by atoms with Crippen molar-refractivity contribution in [3.63, 3.8) is 0 Å². The predicted octanol–water partition coefficient (Wildman–Crippen LogP) is 1.96. The summed E-state index contributed by atoms with van der Waals surface area (Å²) in [7, 11) is 3.23. The number of furan rings is 1. The minimum Gasteiger partial charge on any atom is -0.463 e. The number of aromatic nitrogens is 2. The zero-order valence-corrected chi connectivity index (χ0v) is 12.1. The second kappa shape index (κ2) is 5.92. The second-order valence-corrected chi connectivity index (χ2v) is 4.71. The van der Waals surface area contributed by atoms with E-state index in [2.05, 4.69) is 15.2 Å². The molecule has 0 fully saturated rings. The van der Waals surface area contributed by atoms with Crippen molar-refractivity contribution in [1.29, 1.82) is 0 Å². The van der Waals surface area contributed by atoms with Crippen LogP contribution in [-0.4, -0.2) is 22.9 Å². The van der Waals surface area contributed by atoms with Crippen LogP contribution in [0.4, 0.5) is 0 Å². The van der Waals surface area contributed by atoms with Crippen molar-refractivity contribution in [3.05, 3.63) is 41.1 Å². The average molecular weight is 277 g/mol. The van der Waals surface area contributed by atoms with Crippen LogP contribution in [-0.2, 0) is 18.3 Å². The van der Waals surface area contributed by atoms with E-state index in [1.165, 1.54) is 7.11 Å². The van der Waals surface area contributed by atoms with Crippen molar-refractivity contribution in [2.24, 2.45) is 7.05 Å². The van der Waals surface area contributed by atoms with Gasteiger partial charge in [-0.3, -0.25) is 4.68 Å². The van der Waals surface area contributed by atoms with E-state index in [1.54, 1.807) is 16.8 Å². The monoisotopic (exact) mass is 277 g/mol. The van der Waals surface area contributed by atoms with Crippen LogP contribution >= 0.6 is 0 Å². The maximum Gasteiger partial charge on any atom is 0.373 e. The Morgan fingerprint density at radius 1 is 1.55 bits per heavy atom. The molecule has 1 unspecified atom stereocenters. The van der Waals surface area contributed by atoms with Crippen molar-refractivity contribution in [2.75, 3.05) is 7.11 Å². The Hall–Kier alpha value is -2.08. The molecule has 0 aliphatic carbocycles. The van der Waals surface area contributed by atoms with Gasteiger partial charge in [-0.1, -0.05) is 0 Å². The minimum atomic E-state index is -0.466. The number of nitrogens with zero attached hydrogens (tertiary/aromatic N) is 2. The lowest BCUT2D eigenvalue weighted by Gasteiger charge is -2.10. The molecule has 0 aromatic carbocycles. The Labute approximate surface area is 117 Å². The molecular weight excluding hydrogens is 258 g/mol. The summed E-state index contributed by atoms with van der Waals surface area (Å²) in [5.74, 6) is 0.451. The fraction of sp³-hybridized carbons (Fsp3) is 0.429. The van der Waals surface area contributed by atoms with Crippen LogP contribution in [0, 0.1) is 6.92 Å². The van der Waals surface area contributed by atoms with Gasteiger partial charge in [-0.2, -0.15) is 5.10 Å². The number of nitrogens with one attached hydrogen (secondary N) is 1. The van der Waals surface area contributed by atoms with Gasteiger partial charge in [-0.25, -0.2) is 4.79 Å². The predicted molar refractivity (Wildman–Crippen MR) is 73.2 cm³/mol. The molecule has 2 aromatic heterocycles. The first-order chi connectivity index (χ1) is 9.51. The summed E-state index contributed by atoms with van der Waals surface area (Å²) in [4.78, 5) is 11.3. The number of ether oxygens (including phenoxy) is 1. The summed E-state index contributed by atoms with van der Waals surface area (Å²) in [6, 6.07) is 3.39. The largest absolute Gasteiger partial charge is 0.463 e. The topological polar surface area (TPSA) is 69.3 Å². The zero-order chi connectivity index (χ0) is 14.7. The van der Waals surface area contributed by atoms with Crippen LogP contribution in [0.1, 0.15) is 40.5 Å². The molecule has 2 aromatic rings. The third kappa shape index (κ3) is 3.08. The highest BCUT2D eigenvalue weighted by Gasteiger charge is 2.15. The van der Waals surface area contributed by atoms with E-state index in [9.17, 15) is 4.79 Å². The first-order valence-electron chi connectivity index (χ1n) is 6.41. The van der Waals surface area contributed by atoms with Crippen molar-refractivity contribution < 1.29 is 13.9 Å². The summed E-state index contributed by atoms with van der Waals surface area (Å²) in [5, 5.41) is 7.63. The lowest BCUT2D eigenvalue weighted by molar-refractivity contribution is 0.0562. The van der Waals surface area contributed by atoms with Gasteiger partial charge in [0, 0.05) is 25.4 Å². The Balaban J connectivity index is 1.98. The van der Waals surface area contributed by atoms with Crippen LogP contribution < -0.4 is 5.32 Å². The molecule has 2 heterocycles. The Bertz CT molecular complexity index is 601. The maximum absolute atomic E-state index is 11.3. The molecule has 0 saturated carbocycles. The highest BCUT2D eigenvalue weighted by atomic mass is 16.5. The first kappa shape index (κ1) is 14.3. The molecule has 0 amide bonds. The van der Waals surface area contributed by atoms with Gasteiger partial charge in [0.15, 0.2) is 0 Å². The standard InChI is InChI=1S/C14H19N3O3/c1-9-11(8-17(3)16-9)7-15-10(2)12-5-6-13(20-12)14(18)19-4/h5-6,8,10,15H,7H2,1-4H3. The highest BCUT2D eigenvalue weighted by Crippen LogP contribution is 2.17. The summed E-state index contributed by atoms with van der Waals surface area (Å²) in [5.41, 5.74) is 2.14. The maximum atomic E-state index is 11.3. The smallest absolute Gasteiger partial charge is 0.373 e. The van der Waals surface area contributed by atoms with Gasteiger partial charge in [-0.15, -0.1) is 0 Å². The van der Waals surface area contributed by atoms with Crippen molar-refractivity contribution >= 4 is 5.97 Å². The number of carbonyl (C=O) groups is 1. The lowest BCUT2D eigenvalue weighted by atomic mass is 10.2. The molecule has 2 rings (SSSR count). The molecule has 1 N–H and O–H groups in total. The summed E-state index contributed by atoms with van der Waals surface area (Å²) < 4.78 is 11.9. The van der Waals surface area contributed by atoms with E-state index in [0.717, 1.165) is 11.3 Å². The number of hydrogen-bond acceptors (Lipinski definition) is 5. The van der Waals surface area contributed by atoms with Gasteiger partial charge in [0.05, 0.1) is 18.8 Å². The normalized spacial score (nSPS) is 12.4. The lowest BCUT2D eigenvalue weighted by Crippen LogP contribution is -2.17. The summed E-state index contributed by atoms with van der Waals surface area (Å²) >= 11 is 0. The van der Waals surface area contributed by atoms with E-state index in [1.807, 2.05) is 27.1 Å². The van der Waals surface area contributed by atoms with Gasteiger partial charge < -0.3 is 14.5 Å². The van der Waals surface area contributed by atoms with E-state index in [4.69, 9.17) is 4.42 Å². The number of esters is 1.